The average molecular weight is 601 g/mol. The molecule has 13 heteroatoms. The molecule has 0 radical (unpaired) electrons. The second-order valence-corrected chi connectivity index (χ2v) is 11.4. The van der Waals surface area contributed by atoms with Crippen LogP contribution in [0.4, 0.5) is 5.95 Å². The quantitative estimate of drug-likeness (QED) is 0.139. The van der Waals surface area contributed by atoms with E-state index in [2.05, 4.69) is 37.1 Å². The number of hydrogen-bond acceptors (Lipinski definition) is 5. The van der Waals surface area contributed by atoms with Gasteiger partial charge in [0, 0.05) is 38.5 Å². The summed E-state index contributed by atoms with van der Waals surface area (Å²) in [5, 5.41) is 10.2. The summed E-state index contributed by atoms with van der Waals surface area (Å²) >= 11 is 11.1. The second kappa shape index (κ2) is 20.6. The fraction of sp³-hybridized carbons (Fsp3) is 0.720. The van der Waals surface area contributed by atoms with E-state index in [-0.39, 0.29) is 11.5 Å². The Morgan fingerprint density at radius 2 is 1.87 bits per heavy atom. The minimum atomic E-state index is -3.43. The zero-order valence-corrected chi connectivity index (χ0v) is 26.9. The van der Waals surface area contributed by atoms with Crippen molar-refractivity contribution in [1.82, 2.24) is 18.9 Å². The van der Waals surface area contributed by atoms with Crippen molar-refractivity contribution in [3.8, 4) is 0 Å². The van der Waals surface area contributed by atoms with Crippen LogP contribution >= 0.6 is 30.9 Å². The van der Waals surface area contributed by atoms with Crippen molar-refractivity contribution >= 4 is 36.8 Å². The summed E-state index contributed by atoms with van der Waals surface area (Å²) in [6.45, 7) is 13.2. The molecule has 0 saturated carbocycles. The largest absolute Gasteiger partial charge is 0.434 e. The van der Waals surface area contributed by atoms with Gasteiger partial charge in [-0.15, -0.1) is 23.2 Å². The Morgan fingerprint density at radius 3 is 2.24 bits per heavy atom. The van der Waals surface area contributed by atoms with Gasteiger partial charge in [0.25, 0.3) is 0 Å². The van der Waals surface area contributed by atoms with Crippen molar-refractivity contribution in [3.05, 3.63) is 45.8 Å². The lowest BCUT2D eigenvalue weighted by atomic mass is 10.0. The first-order chi connectivity index (χ1) is 17.8. The second-order valence-electron chi connectivity index (χ2n) is 8.36. The normalized spacial score (nSPS) is 18.1. The smallest absolute Gasteiger partial charge is 0.390 e. The molecule has 0 aromatic carbocycles. The predicted octanol–water partition coefficient (Wildman–Crippen LogP) is 6.56. The molecule has 2 atom stereocenters. The van der Waals surface area contributed by atoms with E-state index in [9.17, 15) is 19.6 Å². The van der Waals surface area contributed by atoms with Crippen molar-refractivity contribution in [3.63, 3.8) is 0 Å². The van der Waals surface area contributed by atoms with Gasteiger partial charge in [-0.2, -0.15) is 0 Å². The molecular formula is C25H48Cl2N5O5P. The monoisotopic (exact) mass is 599 g/mol. The number of aryl methyl sites for hydroxylation is 1. The molecule has 1 aliphatic carbocycles. The number of ether oxygens (including phenoxy) is 1. The lowest BCUT2D eigenvalue weighted by Gasteiger charge is -2.31. The molecule has 0 amide bonds. The number of methoxy groups -OCH3 is 1. The van der Waals surface area contributed by atoms with Gasteiger partial charge in [-0.05, 0) is 45.1 Å². The number of allylic oxidation sites excluding steroid dienone is 3. The number of nitro groups is 1. The minimum Gasteiger partial charge on any atom is -0.390 e. The van der Waals surface area contributed by atoms with E-state index < -0.39 is 12.6 Å². The SMILES string of the molecule is CC.CCC1=CCCC(C)(OC)C=C1.CCN(CCCl)P(=O)(O)N(C)CCCl.Cc1cnc([N+](=O)[O-])n1C. The van der Waals surface area contributed by atoms with Gasteiger partial charge in [0.05, 0.1) is 12.6 Å². The molecule has 1 aromatic rings. The fourth-order valence-corrected chi connectivity index (χ4v) is 5.32. The Hall–Kier alpha value is -1.26. The lowest BCUT2D eigenvalue weighted by Crippen LogP contribution is -2.31. The maximum atomic E-state index is 11.9. The molecule has 0 bridgehead atoms. The molecule has 1 N–H and O–H groups in total. The highest BCUT2D eigenvalue weighted by atomic mass is 35.5. The summed E-state index contributed by atoms with van der Waals surface area (Å²) in [5.74, 6) is 0.560. The molecule has 0 spiro atoms. The topological polar surface area (TPSA) is 114 Å². The van der Waals surface area contributed by atoms with E-state index in [4.69, 9.17) is 27.9 Å². The van der Waals surface area contributed by atoms with Crippen LogP contribution in [0.25, 0.3) is 0 Å². The van der Waals surface area contributed by atoms with E-state index in [0.29, 0.717) is 31.4 Å². The van der Waals surface area contributed by atoms with E-state index in [1.807, 2.05) is 20.8 Å². The van der Waals surface area contributed by atoms with E-state index in [1.54, 1.807) is 28.1 Å². The average Bonchev–Trinajstić information content (AvgIpc) is 3.11. The number of halogens is 2. The van der Waals surface area contributed by atoms with E-state index >= 15 is 0 Å². The molecule has 0 aliphatic heterocycles. The molecule has 38 heavy (non-hydrogen) atoms. The number of rotatable bonds is 10. The Bertz CT molecular complexity index is 913. The van der Waals surface area contributed by atoms with Crippen LogP contribution in [0.1, 0.15) is 59.6 Å². The van der Waals surface area contributed by atoms with Crippen molar-refractivity contribution in [2.24, 2.45) is 7.05 Å². The van der Waals surface area contributed by atoms with Gasteiger partial charge in [0.2, 0.25) is 0 Å². The predicted molar refractivity (Wildman–Crippen MR) is 159 cm³/mol. The van der Waals surface area contributed by atoms with Crippen molar-refractivity contribution in [1.29, 1.82) is 0 Å². The summed E-state index contributed by atoms with van der Waals surface area (Å²) in [6, 6.07) is 0. The third-order valence-corrected chi connectivity index (χ3v) is 8.51. The number of imidazole rings is 1. The van der Waals surface area contributed by atoms with Crippen LogP contribution in [0.3, 0.4) is 0 Å². The number of nitrogens with zero attached hydrogens (tertiary/aromatic N) is 5. The molecule has 1 aromatic heterocycles. The first kappa shape index (κ1) is 38.9. The molecular weight excluding hydrogens is 552 g/mol. The maximum Gasteiger partial charge on any atom is 0.434 e. The molecule has 1 heterocycles. The number of hydrogen-bond donors (Lipinski definition) is 1. The van der Waals surface area contributed by atoms with Crippen LogP contribution in [0, 0.1) is 17.0 Å². The number of alkyl halides is 2. The molecule has 0 saturated heterocycles. The Morgan fingerprint density at radius 1 is 1.29 bits per heavy atom. The summed E-state index contributed by atoms with van der Waals surface area (Å²) < 4.78 is 21.6. The van der Waals surface area contributed by atoms with Crippen LogP contribution in [0.2, 0.25) is 0 Å². The highest BCUT2D eigenvalue weighted by molar-refractivity contribution is 7.52. The summed E-state index contributed by atoms with van der Waals surface area (Å²) in [5.41, 5.74) is 2.16. The van der Waals surface area contributed by atoms with Crippen LogP contribution in [0.15, 0.2) is 30.0 Å². The van der Waals surface area contributed by atoms with Crippen LogP contribution in [-0.2, 0) is 16.3 Å². The highest BCUT2D eigenvalue weighted by Crippen LogP contribution is 2.47. The zero-order chi connectivity index (χ0) is 29.9. The standard InChI is InChI=1S/C11H18O.C7H17Cl2N2O2P.C5H7N3O2.C2H6/c1-4-10-6-5-8-11(2,12-3)9-7-10;1-3-11(7-5-9)14(12,13)10(2)6-4-8;1-4-3-6-5(7(4)2)8(9)10;1-2/h6-7,9H,4-5,8H2,1-3H3;3-7H2,1-2H3,(H,12,13);3H,1-2H3;1-2H3. The minimum absolute atomic E-state index is 0.0482. The summed E-state index contributed by atoms with van der Waals surface area (Å²) in [4.78, 5) is 23.0. The van der Waals surface area contributed by atoms with Gasteiger partial charge in [0.1, 0.15) is 11.9 Å². The zero-order valence-electron chi connectivity index (χ0n) is 24.5. The molecule has 222 valence electrons. The van der Waals surface area contributed by atoms with Crippen LogP contribution in [-0.4, -0.2) is 79.9 Å². The van der Waals surface area contributed by atoms with Gasteiger partial charge < -0.3 is 19.7 Å². The fourth-order valence-electron chi connectivity index (χ4n) is 3.10. The summed E-state index contributed by atoms with van der Waals surface area (Å²) in [6.07, 6.45) is 11.5. The third kappa shape index (κ3) is 13.7. The Balaban J connectivity index is 0. The van der Waals surface area contributed by atoms with Gasteiger partial charge in [-0.3, -0.25) is 4.57 Å². The lowest BCUT2D eigenvalue weighted by molar-refractivity contribution is -0.396. The summed E-state index contributed by atoms with van der Waals surface area (Å²) in [7, 11) is 1.55. The third-order valence-electron chi connectivity index (χ3n) is 5.86. The van der Waals surface area contributed by atoms with Crippen LogP contribution < -0.4 is 0 Å². The van der Waals surface area contributed by atoms with Gasteiger partial charge >= 0.3 is 13.6 Å². The molecule has 10 nitrogen and oxygen atoms in total. The molecule has 2 unspecified atom stereocenters. The van der Waals surface area contributed by atoms with E-state index in [1.165, 1.54) is 25.7 Å². The van der Waals surface area contributed by atoms with Crippen molar-refractivity contribution < 1.29 is 19.1 Å². The highest BCUT2D eigenvalue weighted by Gasteiger charge is 2.30. The van der Waals surface area contributed by atoms with Crippen LogP contribution in [0.5, 0.6) is 0 Å². The van der Waals surface area contributed by atoms with Gasteiger partial charge in [0.15, 0.2) is 0 Å². The van der Waals surface area contributed by atoms with E-state index in [0.717, 1.165) is 25.0 Å². The molecule has 0 fully saturated rings. The maximum absolute atomic E-state index is 11.9. The molecule has 1 aliphatic rings. The Kier molecular flexibility index (Phi) is 21.1. The van der Waals surface area contributed by atoms with Gasteiger partial charge in [-0.25, -0.2) is 13.9 Å². The first-order valence-electron chi connectivity index (χ1n) is 12.8. The Labute approximate surface area is 239 Å². The molecule has 2 rings (SSSR count). The van der Waals surface area contributed by atoms with Crippen molar-refractivity contribution in [2.75, 3.05) is 45.6 Å². The first-order valence-corrected chi connectivity index (χ1v) is 15.4. The number of aromatic nitrogens is 2. The van der Waals surface area contributed by atoms with Gasteiger partial charge in [-0.1, -0.05) is 56.5 Å². The van der Waals surface area contributed by atoms with Crippen molar-refractivity contribution in [2.45, 2.75) is 66.4 Å².